The van der Waals surface area contributed by atoms with Crippen molar-refractivity contribution in [2.24, 2.45) is 17.6 Å². The molecule has 2 heteroatoms. The topological polar surface area (TPSA) is 46.2 Å². The van der Waals surface area contributed by atoms with Crippen molar-refractivity contribution in [3.8, 4) is 0 Å². The number of hydrogen-bond acceptors (Lipinski definition) is 2. The average molecular weight is 185 g/mol. The van der Waals surface area contributed by atoms with E-state index >= 15 is 0 Å². The zero-order chi connectivity index (χ0) is 10.1. The van der Waals surface area contributed by atoms with Crippen LogP contribution in [0.2, 0.25) is 0 Å². The summed E-state index contributed by atoms with van der Waals surface area (Å²) in [5, 5.41) is 9.78. The average Bonchev–Trinajstić information content (AvgIpc) is 2.03. The maximum Gasteiger partial charge on any atom is 0.0744 e. The molecule has 0 bridgehead atoms. The summed E-state index contributed by atoms with van der Waals surface area (Å²) in [6, 6.07) is -0.0556. The molecule has 1 aliphatic rings. The zero-order valence-electron chi connectivity index (χ0n) is 9.09. The summed E-state index contributed by atoms with van der Waals surface area (Å²) in [4.78, 5) is 0. The minimum Gasteiger partial charge on any atom is -0.389 e. The van der Waals surface area contributed by atoms with Crippen molar-refractivity contribution in [2.75, 3.05) is 0 Å². The smallest absolute Gasteiger partial charge is 0.0744 e. The second kappa shape index (κ2) is 3.97. The number of aliphatic hydroxyl groups is 1. The molecule has 0 aromatic rings. The van der Waals surface area contributed by atoms with Crippen molar-refractivity contribution in [3.63, 3.8) is 0 Å². The van der Waals surface area contributed by atoms with Crippen LogP contribution in [0, 0.1) is 11.8 Å². The second-order valence-corrected chi connectivity index (χ2v) is 5.20. The lowest BCUT2D eigenvalue weighted by atomic mass is 9.75. The molecule has 0 aromatic carbocycles. The van der Waals surface area contributed by atoms with Crippen LogP contribution in [0.5, 0.6) is 0 Å². The third-order valence-corrected chi connectivity index (χ3v) is 3.38. The summed E-state index contributed by atoms with van der Waals surface area (Å²) in [6.07, 6.45) is 4.92. The van der Waals surface area contributed by atoms with E-state index in [1.807, 2.05) is 13.8 Å². The minimum absolute atomic E-state index is 0.0556. The Kier molecular flexibility index (Phi) is 3.36. The van der Waals surface area contributed by atoms with Gasteiger partial charge in [0, 0.05) is 6.04 Å². The largest absolute Gasteiger partial charge is 0.389 e. The fourth-order valence-electron chi connectivity index (χ4n) is 2.22. The molecular weight excluding hydrogens is 162 g/mol. The third-order valence-electron chi connectivity index (χ3n) is 3.38. The number of rotatable bonds is 2. The van der Waals surface area contributed by atoms with E-state index in [-0.39, 0.29) is 6.04 Å². The van der Waals surface area contributed by atoms with Crippen LogP contribution in [0.4, 0.5) is 0 Å². The molecule has 2 nitrogen and oxygen atoms in total. The Morgan fingerprint density at radius 3 is 2.08 bits per heavy atom. The predicted octanol–water partition coefficient (Wildman–Crippen LogP) is 1.91. The molecule has 1 fully saturated rings. The Bertz CT molecular complexity index is 154. The molecular formula is C11H23NO. The number of hydrogen-bond donors (Lipinski definition) is 2. The lowest BCUT2D eigenvalue weighted by molar-refractivity contribution is 0.0200. The van der Waals surface area contributed by atoms with E-state index in [4.69, 9.17) is 5.73 Å². The molecule has 3 N–H and O–H groups in total. The van der Waals surface area contributed by atoms with Crippen LogP contribution in [0.1, 0.15) is 46.5 Å². The molecule has 1 saturated carbocycles. The molecule has 1 unspecified atom stereocenters. The van der Waals surface area contributed by atoms with Gasteiger partial charge in [-0.1, -0.05) is 19.8 Å². The lowest BCUT2D eigenvalue weighted by Crippen LogP contribution is -2.49. The van der Waals surface area contributed by atoms with E-state index in [2.05, 4.69) is 6.92 Å². The molecule has 1 atom stereocenters. The van der Waals surface area contributed by atoms with Gasteiger partial charge >= 0.3 is 0 Å². The van der Waals surface area contributed by atoms with E-state index < -0.39 is 5.60 Å². The van der Waals surface area contributed by atoms with Crippen molar-refractivity contribution >= 4 is 0 Å². The van der Waals surface area contributed by atoms with Gasteiger partial charge in [-0.3, -0.25) is 0 Å². The summed E-state index contributed by atoms with van der Waals surface area (Å²) >= 11 is 0. The van der Waals surface area contributed by atoms with Crippen molar-refractivity contribution in [1.29, 1.82) is 0 Å². The fraction of sp³-hybridized carbons (Fsp3) is 1.00. The van der Waals surface area contributed by atoms with Gasteiger partial charge in [0.15, 0.2) is 0 Å². The summed E-state index contributed by atoms with van der Waals surface area (Å²) in [6.45, 7) is 5.93. The summed E-state index contributed by atoms with van der Waals surface area (Å²) in [5.41, 5.74) is 5.30. The molecule has 78 valence electrons. The fourth-order valence-corrected chi connectivity index (χ4v) is 2.22. The van der Waals surface area contributed by atoms with Crippen molar-refractivity contribution in [1.82, 2.24) is 0 Å². The van der Waals surface area contributed by atoms with Crippen LogP contribution in [0.3, 0.4) is 0 Å². The molecule has 13 heavy (non-hydrogen) atoms. The zero-order valence-corrected chi connectivity index (χ0v) is 9.09. The van der Waals surface area contributed by atoms with E-state index in [1.54, 1.807) is 0 Å². The van der Waals surface area contributed by atoms with Crippen molar-refractivity contribution in [3.05, 3.63) is 0 Å². The quantitative estimate of drug-likeness (QED) is 0.690. The maximum atomic E-state index is 9.78. The van der Waals surface area contributed by atoms with Crippen molar-refractivity contribution < 1.29 is 5.11 Å². The molecule has 0 saturated heterocycles. The lowest BCUT2D eigenvalue weighted by Gasteiger charge is -2.36. The van der Waals surface area contributed by atoms with E-state index in [0.717, 1.165) is 5.92 Å². The molecule has 1 rings (SSSR count). The normalized spacial score (nSPS) is 33.0. The van der Waals surface area contributed by atoms with Gasteiger partial charge in [0.1, 0.15) is 0 Å². The first kappa shape index (κ1) is 11.0. The SMILES string of the molecule is CC1CCC(C(N)C(C)(C)O)CC1. The molecule has 0 radical (unpaired) electrons. The second-order valence-electron chi connectivity index (χ2n) is 5.20. The molecule has 0 spiro atoms. The Morgan fingerprint density at radius 2 is 1.69 bits per heavy atom. The van der Waals surface area contributed by atoms with Crippen LogP contribution >= 0.6 is 0 Å². The minimum atomic E-state index is -0.717. The van der Waals surface area contributed by atoms with E-state index in [9.17, 15) is 5.11 Å². The highest BCUT2D eigenvalue weighted by Gasteiger charge is 2.32. The first-order valence-electron chi connectivity index (χ1n) is 5.39. The van der Waals surface area contributed by atoms with Gasteiger partial charge in [-0.05, 0) is 38.5 Å². The Hall–Kier alpha value is -0.0800. The number of nitrogens with two attached hydrogens (primary N) is 1. The molecule has 0 aliphatic heterocycles. The highest BCUT2D eigenvalue weighted by Crippen LogP contribution is 2.32. The first-order valence-corrected chi connectivity index (χ1v) is 5.39. The highest BCUT2D eigenvalue weighted by atomic mass is 16.3. The summed E-state index contributed by atoms with van der Waals surface area (Å²) in [5.74, 6) is 1.38. The van der Waals surface area contributed by atoms with Gasteiger partial charge in [-0.2, -0.15) is 0 Å². The van der Waals surface area contributed by atoms with Crippen LogP contribution in [-0.2, 0) is 0 Å². The van der Waals surface area contributed by atoms with Gasteiger partial charge in [0.2, 0.25) is 0 Å². The molecule has 0 amide bonds. The summed E-state index contributed by atoms with van der Waals surface area (Å²) < 4.78 is 0. The van der Waals surface area contributed by atoms with Crippen LogP contribution in [0.15, 0.2) is 0 Å². The van der Waals surface area contributed by atoms with Crippen LogP contribution in [-0.4, -0.2) is 16.7 Å². The Morgan fingerprint density at radius 1 is 1.23 bits per heavy atom. The Balaban J connectivity index is 2.45. The van der Waals surface area contributed by atoms with Gasteiger partial charge in [-0.25, -0.2) is 0 Å². The van der Waals surface area contributed by atoms with Gasteiger partial charge in [-0.15, -0.1) is 0 Å². The predicted molar refractivity (Wildman–Crippen MR) is 55.4 cm³/mol. The third kappa shape index (κ3) is 2.96. The molecule has 1 aliphatic carbocycles. The standard InChI is InChI=1S/C11H23NO/c1-8-4-6-9(7-5-8)10(12)11(2,3)13/h8-10,13H,4-7,12H2,1-3H3. The highest BCUT2D eigenvalue weighted by molar-refractivity contribution is 4.88. The van der Waals surface area contributed by atoms with Gasteiger partial charge < -0.3 is 10.8 Å². The maximum absolute atomic E-state index is 9.78. The first-order chi connectivity index (χ1) is 5.91. The summed E-state index contributed by atoms with van der Waals surface area (Å²) in [7, 11) is 0. The van der Waals surface area contributed by atoms with Crippen LogP contribution < -0.4 is 5.73 Å². The van der Waals surface area contributed by atoms with E-state index in [0.29, 0.717) is 5.92 Å². The van der Waals surface area contributed by atoms with Gasteiger partial charge in [0.25, 0.3) is 0 Å². The molecule has 0 aromatic heterocycles. The van der Waals surface area contributed by atoms with Crippen molar-refractivity contribution in [2.45, 2.75) is 58.1 Å². The van der Waals surface area contributed by atoms with E-state index in [1.165, 1.54) is 25.7 Å². The molecule has 0 heterocycles. The van der Waals surface area contributed by atoms with Gasteiger partial charge in [0.05, 0.1) is 5.60 Å². The monoisotopic (exact) mass is 185 g/mol. The van der Waals surface area contributed by atoms with Crippen LogP contribution in [0.25, 0.3) is 0 Å². The Labute approximate surface area is 81.5 Å².